The minimum atomic E-state index is -1.34. The second-order valence-corrected chi connectivity index (χ2v) is 19.4. The van der Waals surface area contributed by atoms with Crippen molar-refractivity contribution in [1.29, 1.82) is 0 Å². The van der Waals surface area contributed by atoms with Crippen molar-refractivity contribution < 1.29 is 100 Å². The summed E-state index contributed by atoms with van der Waals surface area (Å²) in [7, 11) is 3.47. The Kier molecular flexibility index (Phi) is 28.2. The number of aliphatic hydroxyl groups is 1. The Labute approximate surface area is 448 Å². The molecule has 3 aliphatic rings. The van der Waals surface area contributed by atoms with Crippen LogP contribution in [0.15, 0.2) is 35.6 Å². The first-order valence-electron chi connectivity index (χ1n) is 26.5. The zero-order valence-corrected chi connectivity index (χ0v) is 47.4. The number of hydrogen-bond donors (Lipinski definition) is 1. The van der Waals surface area contributed by atoms with E-state index in [1.807, 2.05) is 13.8 Å². The molecule has 1 N–H and O–H groups in total. The number of ether oxygens (including phenoxy) is 14. The molecule has 22 nitrogen and oxygen atoms in total. The highest BCUT2D eigenvalue weighted by atomic mass is 16.9. The third-order valence-electron chi connectivity index (χ3n) is 13.1. The van der Waals surface area contributed by atoms with E-state index in [-0.39, 0.29) is 58.1 Å². The third kappa shape index (κ3) is 20.1. The van der Waals surface area contributed by atoms with E-state index in [1.165, 1.54) is 33.8 Å². The number of carbonyl (C=O) groups excluding carboxylic acids is 6. The Morgan fingerprint density at radius 2 is 1.22 bits per heavy atom. The molecule has 3 aliphatic heterocycles. The first kappa shape index (κ1) is 65.9. The van der Waals surface area contributed by atoms with Gasteiger partial charge in [-0.1, -0.05) is 38.5 Å². The molecule has 76 heavy (non-hydrogen) atoms. The van der Waals surface area contributed by atoms with Gasteiger partial charge in [-0.05, 0) is 87.4 Å². The van der Waals surface area contributed by atoms with Crippen LogP contribution in [0.4, 0.5) is 0 Å². The van der Waals surface area contributed by atoms with Crippen molar-refractivity contribution in [1.82, 2.24) is 4.90 Å². The number of aliphatic hydroxyl groups excluding tert-OH is 1. The van der Waals surface area contributed by atoms with E-state index in [0.717, 1.165) is 6.08 Å². The molecule has 0 bridgehead atoms. The molecule has 0 amide bonds. The quantitative estimate of drug-likeness (QED) is 0.0719. The number of likely N-dealkylation sites (N-methyl/N-ethyl adjacent to an activating group) is 1. The molecule has 16 atom stereocenters. The predicted octanol–water partition coefficient (Wildman–Crippen LogP) is 5.81. The largest absolute Gasteiger partial charge is 0.512 e. The zero-order valence-electron chi connectivity index (χ0n) is 47.4. The lowest BCUT2D eigenvalue weighted by Crippen LogP contribution is -2.65. The second-order valence-electron chi connectivity index (χ2n) is 19.4. The Morgan fingerprint density at radius 1 is 0.697 bits per heavy atom. The van der Waals surface area contributed by atoms with Crippen molar-refractivity contribution in [2.75, 3.05) is 47.1 Å². The van der Waals surface area contributed by atoms with Crippen LogP contribution in [0.3, 0.4) is 0 Å². The van der Waals surface area contributed by atoms with E-state index in [1.54, 1.807) is 86.5 Å². The molecule has 2 saturated heterocycles. The van der Waals surface area contributed by atoms with Crippen molar-refractivity contribution in [3.05, 3.63) is 35.6 Å². The molecule has 0 radical (unpaired) electrons. The molecule has 0 aromatic heterocycles. The van der Waals surface area contributed by atoms with Crippen molar-refractivity contribution >= 4 is 35.6 Å². The van der Waals surface area contributed by atoms with Crippen molar-refractivity contribution in [2.45, 2.75) is 203 Å². The summed E-state index contributed by atoms with van der Waals surface area (Å²) in [6.07, 6.45) is -6.53. The number of allylic oxidation sites excluding steroid dienone is 3. The molecule has 434 valence electrons. The summed E-state index contributed by atoms with van der Waals surface area (Å²) in [5, 5.41) is 12.1. The Hall–Kier alpha value is -4.36. The fourth-order valence-electron chi connectivity index (χ4n) is 9.67. The minimum absolute atomic E-state index is 0.152. The van der Waals surface area contributed by atoms with E-state index in [0.29, 0.717) is 5.57 Å². The van der Waals surface area contributed by atoms with Crippen LogP contribution in [0.25, 0.3) is 0 Å². The number of ketones is 1. The normalized spacial score (nSPS) is 33.9. The van der Waals surface area contributed by atoms with Crippen LogP contribution in [0.2, 0.25) is 0 Å². The van der Waals surface area contributed by atoms with Crippen molar-refractivity contribution in [2.24, 2.45) is 23.7 Å². The first-order valence-corrected chi connectivity index (χ1v) is 26.5. The number of carbonyl (C=O) groups is 6. The van der Waals surface area contributed by atoms with Gasteiger partial charge in [0.25, 0.3) is 6.48 Å². The fraction of sp³-hybridized carbons (Fsp3) is 0.778. The van der Waals surface area contributed by atoms with Crippen LogP contribution in [0.1, 0.15) is 116 Å². The van der Waals surface area contributed by atoms with Gasteiger partial charge < -0.3 is 71.4 Å². The van der Waals surface area contributed by atoms with Crippen molar-refractivity contribution in [3.63, 3.8) is 0 Å². The van der Waals surface area contributed by atoms with Crippen molar-refractivity contribution in [3.8, 4) is 0 Å². The van der Waals surface area contributed by atoms with Gasteiger partial charge in [0.1, 0.15) is 24.1 Å². The maximum Gasteiger partial charge on any atom is 0.334 e. The monoisotopic (exact) mass is 1090 g/mol. The summed E-state index contributed by atoms with van der Waals surface area (Å²) in [4.78, 5) is 80.3. The van der Waals surface area contributed by atoms with E-state index in [9.17, 15) is 33.9 Å². The van der Waals surface area contributed by atoms with Gasteiger partial charge in [-0.3, -0.25) is 28.9 Å². The van der Waals surface area contributed by atoms with Gasteiger partial charge in [0.05, 0.1) is 37.0 Å². The lowest BCUT2D eigenvalue weighted by atomic mass is 9.80. The molecule has 0 spiro atoms. The topological polar surface area (TPSA) is 255 Å². The summed E-state index contributed by atoms with van der Waals surface area (Å²) in [6, 6.07) is -0.772. The van der Waals surface area contributed by atoms with Gasteiger partial charge in [-0.25, -0.2) is 4.79 Å². The highest BCUT2D eigenvalue weighted by Gasteiger charge is 2.53. The van der Waals surface area contributed by atoms with Crippen LogP contribution in [-0.2, 0) is 95.1 Å². The number of hydrogen-bond acceptors (Lipinski definition) is 22. The standard InChI is InChI=1S/C54H87NO21/c1-17-42-39(28-67-52-51(73-37(14)59)50(76-54(65-20-4)66-21-5)48(33(10)68-52)71-35(12)57)24-29(6)22-23-40(60)30(7)25-38(26-44(63-18-2)64-19-3)46(31(8)41(61)27-43(62)74-42)75-53-49(72-36(13)58)45(55(15)16)47(32(9)69-53)70-34(11)56/h22-24,27,30-33,38-39,42,44-54,61H,17-21,25-26,28H2,1-16H3/b23-22+,29-24+,41-27-/t30-,31+,32-,33-,38-,39-,42-,45+,46-,47-,48-,49-,50-,51-,52-,53+/m1/s1. The molecular formula is C54H87NO21. The summed E-state index contributed by atoms with van der Waals surface area (Å²) in [6.45, 7) is 21.8. The zero-order chi connectivity index (χ0) is 57.0. The van der Waals surface area contributed by atoms with Crippen LogP contribution >= 0.6 is 0 Å². The van der Waals surface area contributed by atoms with Crippen LogP contribution in [-0.4, -0.2) is 179 Å². The van der Waals surface area contributed by atoms with Gasteiger partial charge in [0, 0.05) is 78.3 Å². The molecule has 0 aromatic rings. The Balaban J connectivity index is 2.19. The molecule has 2 fully saturated rings. The maximum absolute atomic E-state index is 14.2. The van der Waals surface area contributed by atoms with Crippen LogP contribution in [0.5, 0.6) is 0 Å². The molecule has 3 rings (SSSR count). The molecule has 3 heterocycles. The molecule has 0 unspecified atom stereocenters. The minimum Gasteiger partial charge on any atom is -0.512 e. The Bertz CT molecular complexity index is 1950. The molecule has 0 aliphatic carbocycles. The smallest absolute Gasteiger partial charge is 0.334 e. The summed E-state index contributed by atoms with van der Waals surface area (Å²) in [5.41, 5.74) is 0.595. The summed E-state index contributed by atoms with van der Waals surface area (Å²) < 4.78 is 84.7. The SMILES string of the molecule is CCOC(C[C@H]1C[C@@H](C)C(=O)/C=C/C(C)=C/[C@H](CO[C@@H]2O[C@H](C)[C@@H](OC(C)=O)[C@@H](OC(OCC)OCC)[C@H]2OC(C)=O)[C@@H](CC)OC(=O)/C=C(\O)[C@H](C)[C@H]1O[C@@H]1O[C@H](C)[C@@H](OC(C)=O)[C@H](N(C)C)[C@H]1OC(C)=O)OCC. The molecule has 0 aromatic carbocycles. The van der Waals surface area contributed by atoms with Gasteiger partial charge >= 0.3 is 29.8 Å². The predicted molar refractivity (Wildman–Crippen MR) is 271 cm³/mol. The van der Waals surface area contributed by atoms with Gasteiger partial charge in [-0.15, -0.1) is 0 Å². The van der Waals surface area contributed by atoms with E-state index in [4.69, 9.17) is 66.3 Å². The average Bonchev–Trinajstić information content (AvgIpc) is 3.32. The number of cyclic esters (lactones) is 1. The second kappa shape index (κ2) is 32.5. The lowest BCUT2D eigenvalue weighted by molar-refractivity contribution is -0.363. The van der Waals surface area contributed by atoms with Gasteiger partial charge in [-0.2, -0.15) is 0 Å². The molecule has 22 heteroatoms. The summed E-state index contributed by atoms with van der Waals surface area (Å²) in [5.74, 6) is -7.34. The lowest BCUT2D eigenvalue weighted by Gasteiger charge is -2.48. The van der Waals surface area contributed by atoms with Gasteiger partial charge in [0.15, 0.2) is 43.0 Å². The number of nitrogens with zero attached hydrogens (tertiary/aromatic N) is 1. The fourth-order valence-corrected chi connectivity index (χ4v) is 9.67. The van der Waals surface area contributed by atoms with E-state index in [2.05, 4.69) is 0 Å². The highest BCUT2D eigenvalue weighted by Crippen LogP contribution is 2.38. The van der Waals surface area contributed by atoms with E-state index < -0.39 is 146 Å². The third-order valence-corrected chi connectivity index (χ3v) is 13.1. The highest BCUT2D eigenvalue weighted by molar-refractivity contribution is 5.91. The first-order chi connectivity index (χ1) is 35.9. The summed E-state index contributed by atoms with van der Waals surface area (Å²) >= 11 is 0. The number of esters is 5. The van der Waals surface area contributed by atoms with E-state index >= 15 is 0 Å². The van der Waals surface area contributed by atoms with Gasteiger partial charge in [0.2, 0.25) is 0 Å². The number of rotatable bonds is 23. The van der Waals surface area contributed by atoms with Crippen LogP contribution < -0.4 is 0 Å². The van der Waals surface area contributed by atoms with Crippen LogP contribution in [0, 0.1) is 23.7 Å². The average molecular weight is 1090 g/mol. The molecule has 0 saturated carbocycles. The maximum atomic E-state index is 14.2. The Morgan fingerprint density at radius 3 is 1.76 bits per heavy atom. The molecular weight excluding hydrogens is 999 g/mol.